The summed E-state index contributed by atoms with van der Waals surface area (Å²) >= 11 is 7.93. The molecular weight excluding hydrogens is 492 g/mol. The monoisotopic (exact) mass is 526 g/mol. The molecule has 0 fully saturated rings. The maximum atomic E-state index is 13.0. The number of aliphatic hydroxyl groups excluding tert-OH is 1. The van der Waals surface area contributed by atoms with Crippen molar-refractivity contribution in [2.45, 2.75) is 71.6 Å². The second kappa shape index (κ2) is 12.2. The van der Waals surface area contributed by atoms with Gasteiger partial charge in [-0.05, 0) is 62.4 Å². The molecule has 1 aromatic carbocycles. The van der Waals surface area contributed by atoms with Gasteiger partial charge in [0.15, 0.2) is 0 Å². The number of aliphatic hydroxyl groups is 1. The van der Waals surface area contributed by atoms with Crippen molar-refractivity contribution >= 4 is 34.4 Å². The SMILES string of the molecule is Cc1sc2c(c1C)C(c1ccc(Cl)cc1)=C[C@@H](CC(=O)NCCCCCCCCO)c1nnc(C)n1-2. The summed E-state index contributed by atoms with van der Waals surface area (Å²) in [6.45, 7) is 7.22. The van der Waals surface area contributed by atoms with Gasteiger partial charge in [-0.3, -0.25) is 9.36 Å². The lowest BCUT2D eigenvalue weighted by molar-refractivity contribution is -0.121. The summed E-state index contributed by atoms with van der Waals surface area (Å²) in [7, 11) is 0. The van der Waals surface area contributed by atoms with Crippen LogP contribution >= 0.6 is 22.9 Å². The summed E-state index contributed by atoms with van der Waals surface area (Å²) in [5.41, 5.74) is 4.59. The first kappa shape index (κ1) is 26.6. The van der Waals surface area contributed by atoms with Crippen LogP contribution in [0.5, 0.6) is 0 Å². The molecule has 1 amide bonds. The summed E-state index contributed by atoms with van der Waals surface area (Å²) in [5, 5.41) is 22.7. The molecule has 6 nitrogen and oxygen atoms in total. The standard InChI is InChI=1S/C28H35ClN4O2S/c1-18-19(2)36-28-26(18)24(21-10-12-23(29)13-11-21)16-22(27-32-31-20(3)33(27)28)17-25(35)30-14-8-6-4-5-7-9-15-34/h10-13,16,22,34H,4-9,14-15,17H2,1-3H3,(H,30,35)/t22-/m0/s1. The summed E-state index contributed by atoms with van der Waals surface area (Å²) in [5.74, 6) is 1.45. The van der Waals surface area contributed by atoms with Gasteiger partial charge in [-0.15, -0.1) is 21.5 Å². The van der Waals surface area contributed by atoms with Crippen LogP contribution in [0.1, 0.15) is 84.1 Å². The summed E-state index contributed by atoms with van der Waals surface area (Å²) in [6, 6.07) is 7.91. The first-order valence-electron chi connectivity index (χ1n) is 12.8. The minimum absolute atomic E-state index is 0.0253. The van der Waals surface area contributed by atoms with E-state index in [2.05, 4.69) is 40.0 Å². The Labute approximate surface area is 222 Å². The quantitative estimate of drug-likeness (QED) is 0.288. The summed E-state index contributed by atoms with van der Waals surface area (Å²) in [6.07, 6.45) is 8.76. The molecule has 3 aromatic rings. The number of carbonyl (C=O) groups is 1. The zero-order chi connectivity index (χ0) is 25.7. The van der Waals surface area contributed by atoms with Crippen LogP contribution in [-0.2, 0) is 4.79 Å². The fourth-order valence-electron chi connectivity index (χ4n) is 4.78. The van der Waals surface area contributed by atoms with E-state index >= 15 is 0 Å². The van der Waals surface area contributed by atoms with Gasteiger partial charge < -0.3 is 10.4 Å². The molecule has 1 atom stereocenters. The molecule has 0 spiro atoms. The van der Waals surface area contributed by atoms with Crippen LogP contribution in [-0.4, -0.2) is 38.9 Å². The Hall–Kier alpha value is -2.48. The Kier molecular flexibility index (Phi) is 8.99. The van der Waals surface area contributed by atoms with E-state index in [0.29, 0.717) is 18.0 Å². The van der Waals surface area contributed by atoms with Crippen molar-refractivity contribution in [1.82, 2.24) is 20.1 Å². The normalized spacial score (nSPS) is 14.7. The van der Waals surface area contributed by atoms with Crippen molar-refractivity contribution < 1.29 is 9.90 Å². The molecular formula is C28H35ClN4O2S. The zero-order valence-corrected chi connectivity index (χ0v) is 22.9. The number of carbonyl (C=O) groups excluding carboxylic acids is 1. The predicted molar refractivity (Wildman–Crippen MR) is 147 cm³/mol. The Balaban J connectivity index is 1.56. The number of halogens is 1. The largest absolute Gasteiger partial charge is 0.396 e. The second-order valence-corrected chi connectivity index (χ2v) is 11.1. The predicted octanol–water partition coefficient (Wildman–Crippen LogP) is 6.28. The highest BCUT2D eigenvalue weighted by Crippen LogP contribution is 2.44. The number of aromatic nitrogens is 3. The molecule has 1 aliphatic heterocycles. The third-order valence-electron chi connectivity index (χ3n) is 6.86. The first-order chi connectivity index (χ1) is 17.4. The van der Waals surface area contributed by atoms with Crippen molar-refractivity contribution in [3.8, 4) is 5.00 Å². The van der Waals surface area contributed by atoms with E-state index in [-0.39, 0.29) is 18.4 Å². The van der Waals surface area contributed by atoms with Crippen molar-refractivity contribution in [3.63, 3.8) is 0 Å². The molecule has 2 N–H and O–H groups in total. The van der Waals surface area contributed by atoms with E-state index in [1.54, 1.807) is 11.3 Å². The van der Waals surface area contributed by atoms with Crippen LogP contribution < -0.4 is 5.32 Å². The molecule has 0 saturated carbocycles. The van der Waals surface area contributed by atoms with Crippen LogP contribution in [0.4, 0.5) is 0 Å². The molecule has 0 aliphatic carbocycles. The number of nitrogens with one attached hydrogen (secondary N) is 1. The lowest BCUT2D eigenvalue weighted by Crippen LogP contribution is -2.26. The van der Waals surface area contributed by atoms with Gasteiger partial charge in [0.2, 0.25) is 5.91 Å². The topological polar surface area (TPSA) is 80.0 Å². The number of unbranched alkanes of at least 4 members (excludes halogenated alkanes) is 5. The van der Waals surface area contributed by atoms with E-state index in [1.165, 1.54) is 16.0 Å². The molecule has 192 valence electrons. The minimum atomic E-state index is -0.199. The Morgan fingerprint density at radius 3 is 2.47 bits per heavy atom. The van der Waals surface area contributed by atoms with Gasteiger partial charge in [0, 0.05) is 41.0 Å². The van der Waals surface area contributed by atoms with Crippen LogP contribution in [0.3, 0.4) is 0 Å². The van der Waals surface area contributed by atoms with Gasteiger partial charge >= 0.3 is 0 Å². The van der Waals surface area contributed by atoms with Crippen molar-refractivity contribution in [3.05, 3.63) is 68.6 Å². The lowest BCUT2D eigenvalue weighted by Gasteiger charge is -2.13. The molecule has 8 heteroatoms. The second-order valence-electron chi connectivity index (χ2n) is 9.50. The molecule has 1 aliphatic rings. The number of hydrogen-bond donors (Lipinski definition) is 2. The fraction of sp³-hybridized carbons (Fsp3) is 0.464. The fourth-order valence-corrected chi connectivity index (χ4v) is 6.13. The van der Waals surface area contributed by atoms with E-state index in [1.807, 2.05) is 31.2 Å². The van der Waals surface area contributed by atoms with Gasteiger partial charge in [-0.25, -0.2) is 0 Å². The molecule has 4 rings (SSSR count). The highest BCUT2D eigenvalue weighted by molar-refractivity contribution is 7.15. The van der Waals surface area contributed by atoms with E-state index in [4.69, 9.17) is 16.7 Å². The van der Waals surface area contributed by atoms with Crippen molar-refractivity contribution in [1.29, 1.82) is 0 Å². The molecule has 0 unspecified atom stereocenters. The lowest BCUT2D eigenvalue weighted by atomic mass is 9.92. The van der Waals surface area contributed by atoms with Crippen LogP contribution in [0.25, 0.3) is 10.6 Å². The maximum Gasteiger partial charge on any atom is 0.221 e. The highest BCUT2D eigenvalue weighted by Gasteiger charge is 2.31. The third-order valence-corrected chi connectivity index (χ3v) is 8.30. The number of aryl methyl sites for hydroxylation is 2. The summed E-state index contributed by atoms with van der Waals surface area (Å²) in [4.78, 5) is 14.2. The number of allylic oxidation sites excluding steroid dienone is 1. The third kappa shape index (κ3) is 5.90. The average molecular weight is 527 g/mol. The van der Waals surface area contributed by atoms with Crippen molar-refractivity contribution in [2.24, 2.45) is 0 Å². The van der Waals surface area contributed by atoms with E-state index < -0.39 is 0 Å². The van der Waals surface area contributed by atoms with Gasteiger partial charge in [0.05, 0.1) is 0 Å². The van der Waals surface area contributed by atoms with Crippen LogP contribution in [0.2, 0.25) is 5.02 Å². The number of thiophene rings is 1. The highest BCUT2D eigenvalue weighted by atomic mass is 35.5. The van der Waals surface area contributed by atoms with Crippen LogP contribution in [0.15, 0.2) is 30.3 Å². The number of amides is 1. The number of rotatable bonds is 11. The Morgan fingerprint density at radius 1 is 1.06 bits per heavy atom. The van der Waals surface area contributed by atoms with Gasteiger partial charge in [0.25, 0.3) is 0 Å². The Morgan fingerprint density at radius 2 is 1.75 bits per heavy atom. The Bertz CT molecular complexity index is 1230. The minimum Gasteiger partial charge on any atom is -0.396 e. The summed E-state index contributed by atoms with van der Waals surface area (Å²) < 4.78 is 2.13. The number of nitrogens with zero attached hydrogens (tertiary/aromatic N) is 3. The number of hydrogen-bond acceptors (Lipinski definition) is 5. The van der Waals surface area contributed by atoms with Gasteiger partial charge in [-0.1, -0.05) is 55.5 Å². The maximum absolute atomic E-state index is 13.0. The molecule has 36 heavy (non-hydrogen) atoms. The molecule has 0 bridgehead atoms. The molecule has 2 aromatic heterocycles. The van der Waals surface area contributed by atoms with E-state index in [0.717, 1.165) is 66.3 Å². The molecule has 3 heterocycles. The first-order valence-corrected chi connectivity index (χ1v) is 14.0. The van der Waals surface area contributed by atoms with Crippen molar-refractivity contribution in [2.75, 3.05) is 13.2 Å². The molecule has 0 saturated heterocycles. The number of fused-ring (bicyclic) bond motifs is 3. The smallest absolute Gasteiger partial charge is 0.221 e. The number of benzene rings is 1. The van der Waals surface area contributed by atoms with Gasteiger partial charge in [0.1, 0.15) is 16.6 Å². The van der Waals surface area contributed by atoms with Crippen LogP contribution in [0, 0.1) is 20.8 Å². The van der Waals surface area contributed by atoms with Gasteiger partial charge in [-0.2, -0.15) is 0 Å². The van der Waals surface area contributed by atoms with E-state index in [9.17, 15) is 4.79 Å². The molecule has 0 radical (unpaired) electrons. The zero-order valence-electron chi connectivity index (χ0n) is 21.3. The average Bonchev–Trinajstić information content (AvgIpc) is 3.33.